The lowest BCUT2D eigenvalue weighted by molar-refractivity contribution is 0.402. The van der Waals surface area contributed by atoms with E-state index in [1.165, 1.54) is 9.87 Å². The van der Waals surface area contributed by atoms with Crippen LogP contribution in [0.15, 0.2) is 12.1 Å². The Bertz CT molecular complexity index is 750. The van der Waals surface area contributed by atoms with E-state index in [-0.39, 0.29) is 12.6 Å². The normalized spacial score (nSPS) is 12.7. The first kappa shape index (κ1) is 15.9. The number of aromatic nitrogens is 2. The van der Waals surface area contributed by atoms with Crippen molar-refractivity contribution in [2.75, 3.05) is 7.05 Å². The number of fused-ring (bicyclic) bond motifs is 1. The monoisotopic (exact) mass is 310 g/mol. The molecule has 0 spiro atoms. The van der Waals surface area contributed by atoms with Crippen molar-refractivity contribution in [3.8, 4) is 0 Å². The molecular weight excluding hydrogens is 288 g/mol. The minimum absolute atomic E-state index is 0.0944. The van der Waals surface area contributed by atoms with Gasteiger partial charge in [0.2, 0.25) is 0 Å². The molecule has 0 saturated carbocycles. The van der Waals surface area contributed by atoms with Gasteiger partial charge in [-0.2, -0.15) is 17.4 Å². The summed E-state index contributed by atoms with van der Waals surface area (Å²) in [6.07, 6.45) is 0. The minimum atomic E-state index is -3.49. The van der Waals surface area contributed by atoms with Gasteiger partial charge in [0.05, 0.1) is 17.6 Å². The third-order valence-corrected chi connectivity index (χ3v) is 5.44. The van der Waals surface area contributed by atoms with Crippen molar-refractivity contribution in [2.24, 2.45) is 0 Å². The molecule has 1 aromatic carbocycles. The van der Waals surface area contributed by atoms with Crippen LogP contribution in [0.1, 0.15) is 30.8 Å². The second kappa shape index (κ2) is 5.75. The summed E-state index contributed by atoms with van der Waals surface area (Å²) in [6.45, 7) is 7.84. The fraction of sp³-hybridized carbons (Fsp3) is 0.500. The molecule has 0 atom stereocenters. The Morgan fingerprint density at radius 1 is 1.33 bits per heavy atom. The number of imidazole rings is 1. The van der Waals surface area contributed by atoms with Gasteiger partial charge in [-0.15, -0.1) is 0 Å². The van der Waals surface area contributed by atoms with Gasteiger partial charge in [0.15, 0.2) is 0 Å². The lowest BCUT2D eigenvalue weighted by Gasteiger charge is -2.20. The first-order valence-electron chi connectivity index (χ1n) is 6.90. The van der Waals surface area contributed by atoms with Gasteiger partial charge in [-0.3, -0.25) is 0 Å². The van der Waals surface area contributed by atoms with E-state index in [9.17, 15) is 8.42 Å². The van der Waals surface area contributed by atoms with Crippen molar-refractivity contribution in [2.45, 2.75) is 40.3 Å². The second-order valence-corrected chi connectivity index (χ2v) is 7.34. The second-order valence-electron chi connectivity index (χ2n) is 5.52. The standard InChI is InChI=1S/C14H22N4O2S/c1-9(2)18(5)21(19,20)15-8-13-16-12-7-6-10(3)11(4)14(12)17-13/h6-7,9,15H,8H2,1-5H3,(H,16,17). The number of aryl methyl sites for hydroxylation is 2. The number of hydrogen-bond acceptors (Lipinski definition) is 3. The summed E-state index contributed by atoms with van der Waals surface area (Å²) >= 11 is 0. The average Bonchev–Trinajstić information content (AvgIpc) is 2.84. The van der Waals surface area contributed by atoms with Crippen LogP contribution in [0, 0.1) is 13.8 Å². The summed E-state index contributed by atoms with van der Waals surface area (Å²) in [6, 6.07) is 3.89. The maximum absolute atomic E-state index is 12.1. The summed E-state index contributed by atoms with van der Waals surface area (Å²) in [5, 5.41) is 0. The van der Waals surface area contributed by atoms with Crippen LogP contribution >= 0.6 is 0 Å². The molecule has 6 nitrogen and oxygen atoms in total. The molecule has 116 valence electrons. The Morgan fingerprint density at radius 2 is 2.00 bits per heavy atom. The lowest BCUT2D eigenvalue weighted by Crippen LogP contribution is -2.41. The summed E-state index contributed by atoms with van der Waals surface area (Å²) in [5.41, 5.74) is 4.09. The molecule has 1 aromatic heterocycles. The third-order valence-electron chi connectivity index (χ3n) is 3.76. The molecule has 21 heavy (non-hydrogen) atoms. The number of H-pyrrole nitrogens is 1. The van der Waals surface area contributed by atoms with Crippen LogP contribution < -0.4 is 4.72 Å². The molecule has 2 N–H and O–H groups in total. The highest BCUT2D eigenvalue weighted by molar-refractivity contribution is 7.87. The smallest absolute Gasteiger partial charge is 0.279 e. The molecule has 7 heteroatoms. The highest BCUT2D eigenvalue weighted by Crippen LogP contribution is 2.19. The molecule has 2 rings (SSSR count). The summed E-state index contributed by atoms with van der Waals surface area (Å²) in [7, 11) is -1.94. The fourth-order valence-electron chi connectivity index (χ4n) is 1.99. The largest absolute Gasteiger partial charge is 0.341 e. The Hall–Kier alpha value is -1.44. The molecule has 0 unspecified atom stereocenters. The molecule has 2 aromatic rings. The molecular formula is C14H22N4O2S. The predicted octanol–water partition coefficient (Wildman–Crippen LogP) is 1.85. The molecule has 0 aliphatic heterocycles. The summed E-state index contributed by atoms with van der Waals surface area (Å²) < 4.78 is 28.0. The predicted molar refractivity (Wildman–Crippen MR) is 84.2 cm³/mol. The van der Waals surface area contributed by atoms with Crippen molar-refractivity contribution >= 4 is 21.2 Å². The van der Waals surface area contributed by atoms with Crippen LogP contribution in [-0.4, -0.2) is 35.8 Å². The van der Waals surface area contributed by atoms with Crippen LogP contribution in [0.4, 0.5) is 0 Å². The van der Waals surface area contributed by atoms with E-state index in [4.69, 9.17) is 0 Å². The highest BCUT2D eigenvalue weighted by Gasteiger charge is 2.20. The Morgan fingerprint density at radius 3 is 2.62 bits per heavy atom. The number of benzene rings is 1. The maximum atomic E-state index is 12.1. The Balaban J connectivity index is 2.20. The van der Waals surface area contributed by atoms with E-state index in [0.29, 0.717) is 5.82 Å². The molecule has 0 amide bonds. The number of aromatic amines is 1. The summed E-state index contributed by atoms with van der Waals surface area (Å²) in [5.74, 6) is 0.611. The number of rotatable bonds is 5. The SMILES string of the molecule is Cc1ccc2[nH]c(CNS(=O)(=O)N(C)C(C)C)nc2c1C. The van der Waals surface area contributed by atoms with Gasteiger partial charge < -0.3 is 4.98 Å². The van der Waals surface area contributed by atoms with E-state index in [2.05, 4.69) is 14.7 Å². The molecule has 0 aliphatic rings. The van der Waals surface area contributed by atoms with Gasteiger partial charge >= 0.3 is 0 Å². The van der Waals surface area contributed by atoms with Gasteiger partial charge in [0.25, 0.3) is 10.2 Å². The van der Waals surface area contributed by atoms with Crippen molar-refractivity contribution in [3.05, 3.63) is 29.1 Å². The van der Waals surface area contributed by atoms with Gasteiger partial charge in [-0.1, -0.05) is 6.07 Å². The van der Waals surface area contributed by atoms with Gasteiger partial charge in [0.1, 0.15) is 5.82 Å². The molecule has 0 aliphatic carbocycles. The molecule has 0 bridgehead atoms. The van der Waals surface area contributed by atoms with E-state index < -0.39 is 10.2 Å². The maximum Gasteiger partial charge on any atom is 0.279 e. The van der Waals surface area contributed by atoms with Crippen LogP contribution in [0.2, 0.25) is 0 Å². The number of hydrogen-bond donors (Lipinski definition) is 2. The summed E-state index contributed by atoms with van der Waals surface area (Å²) in [4.78, 5) is 7.63. The zero-order valence-corrected chi connectivity index (χ0v) is 13.9. The molecule has 0 radical (unpaired) electrons. The minimum Gasteiger partial charge on any atom is -0.341 e. The third kappa shape index (κ3) is 3.25. The van der Waals surface area contributed by atoms with E-state index in [1.54, 1.807) is 7.05 Å². The molecule has 0 saturated heterocycles. The molecule has 0 fully saturated rings. The quantitative estimate of drug-likeness (QED) is 0.884. The van der Waals surface area contributed by atoms with Crippen molar-refractivity contribution in [1.29, 1.82) is 0 Å². The average molecular weight is 310 g/mol. The van der Waals surface area contributed by atoms with Gasteiger partial charge in [-0.25, -0.2) is 4.98 Å². The van der Waals surface area contributed by atoms with E-state index in [0.717, 1.165) is 16.6 Å². The molecule has 1 heterocycles. The van der Waals surface area contributed by atoms with Crippen molar-refractivity contribution in [3.63, 3.8) is 0 Å². The van der Waals surface area contributed by atoms with Gasteiger partial charge in [0, 0.05) is 13.1 Å². The first-order chi connectivity index (χ1) is 9.72. The van der Waals surface area contributed by atoms with Crippen LogP contribution in [-0.2, 0) is 16.8 Å². The zero-order chi connectivity index (χ0) is 15.8. The topological polar surface area (TPSA) is 78.1 Å². The number of nitrogens with one attached hydrogen (secondary N) is 2. The highest BCUT2D eigenvalue weighted by atomic mass is 32.2. The van der Waals surface area contributed by atoms with Crippen molar-refractivity contribution < 1.29 is 8.42 Å². The Labute approximate surface area is 125 Å². The fourth-order valence-corrected chi connectivity index (χ4v) is 3.06. The van der Waals surface area contributed by atoms with E-state index >= 15 is 0 Å². The van der Waals surface area contributed by atoms with Gasteiger partial charge in [-0.05, 0) is 44.9 Å². The van der Waals surface area contributed by atoms with Crippen molar-refractivity contribution in [1.82, 2.24) is 19.0 Å². The lowest BCUT2D eigenvalue weighted by atomic mass is 10.1. The van der Waals surface area contributed by atoms with Crippen LogP contribution in [0.25, 0.3) is 11.0 Å². The number of nitrogens with zero attached hydrogens (tertiary/aromatic N) is 2. The van der Waals surface area contributed by atoms with Crippen LogP contribution in [0.5, 0.6) is 0 Å². The Kier molecular flexibility index (Phi) is 4.36. The first-order valence-corrected chi connectivity index (χ1v) is 8.34. The van der Waals surface area contributed by atoms with Crippen LogP contribution in [0.3, 0.4) is 0 Å². The van der Waals surface area contributed by atoms with E-state index in [1.807, 2.05) is 39.8 Å². The zero-order valence-electron chi connectivity index (χ0n) is 13.1.